The van der Waals surface area contributed by atoms with Crippen LogP contribution in [0.5, 0.6) is 0 Å². The van der Waals surface area contributed by atoms with Gasteiger partial charge in [0.2, 0.25) is 0 Å². The normalized spacial score (nSPS) is 22.5. The Hall–Kier alpha value is -0.250. The van der Waals surface area contributed by atoms with Gasteiger partial charge in [0.05, 0.1) is 22.9 Å². The summed E-state index contributed by atoms with van der Waals surface area (Å²) in [6.07, 6.45) is 11.4. The first kappa shape index (κ1) is 7.40. The van der Waals surface area contributed by atoms with E-state index in [2.05, 4.69) is 50.3 Å². The lowest BCUT2D eigenvalue weighted by Crippen LogP contribution is -2.15. The van der Waals surface area contributed by atoms with Gasteiger partial charge in [-0.25, -0.2) is 0 Å². The number of halogens is 1. The van der Waals surface area contributed by atoms with E-state index < -0.39 is 0 Å². The van der Waals surface area contributed by atoms with Gasteiger partial charge in [-0.15, -0.1) is 0 Å². The van der Waals surface area contributed by atoms with Gasteiger partial charge in [0, 0.05) is 12.2 Å². The van der Waals surface area contributed by atoms with Crippen LogP contribution in [0, 0.1) is 0 Å². The smallest absolute Gasteiger partial charge is 0.0594 e. The Balaban J connectivity index is 2.36. The molecule has 0 N–H and O–H groups in total. The summed E-state index contributed by atoms with van der Waals surface area (Å²) in [6.45, 7) is 1.05. The van der Waals surface area contributed by atoms with Crippen LogP contribution in [-0.2, 0) is 0 Å². The highest BCUT2D eigenvalue weighted by Crippen LogP contribution is 2.28. The van der Waals surface area contributed by atoms with Crippen molar-refractivity contribution < 1.29 is 0 Å². The predicted molar refractivity (Wildman–Crippen MR) is 55.3 cm³/mol. The molecule has 0 saturated carbocycles. The molecule has 0 spiro atoms. The summed E-state index contributed by atoms with van der Waals surface area (Å²) in [6, 6.07) is 0. The second-order valence-corrected chi connectivity index (χ2v) is 3.96. The van der Waals surface area contributed by atoms with E-state index in [1.54, 1.807) is 0 Å². The molecule has 2 heteroatoms. The molecule has 0 aromatic carbocycles. The number of rotatable bonds is 0. The SMILES string of the molecule is IN1CC=CC2=C1C=CCC2. The Morgan fingerprint density at radius 1 is 1.27 bits per heavy atom. The minimum Gasteiger partial charge on any atom is -0.311 e. The predicted octanol–water partition coefficient (Wildman–Crippen LogP) is 2.81. The highest BCUT2D eigenvalue weighted by atomic mass is 127. The van der Waals surface area contributed by atoms with Crippen molar-refractivity contribution in [1.82, 2.24) is 3.11 Å². The lowest BCUT2D eigenvalue weighted by molar-refractivity contribution is 0.673. The second kappa shape index (κ2) is 3.01. The van der Waals surface area contributed by atoms with Crippen molar-refractivity contribution in [2.24, 2.45) is 0 Å². The van der Waals surface area contributed by atoms with E-state index in [-0.39, 0.29) is 0 Å². The van der Waals surface area contributed by atoms with Crippen LogP contribution < -0.4 is 0 Å². The summed E-state index contributed by atoms with van der Waals surface area (Å²) in [5.74, 6) is 0. The van der Waals surface area contributed by atoms with Crippen LogP contribution in [0.15, 0.2) is 35.6 Å². The zero-order valence-corrected chi connectivity index (χ0v) is 8.41. The quantitative estimate of drug-likeness (QED) is 0.477. The standard InChI is InChI=1S/C9H10IN/c10-11-7-3-5-8-4-1-2-6-9(8)11/h2-3,5-6H,1,4,7H2. The van der Waals surface area contributed by atoms with Crippen LogP contribution in [0.25, 0.3) is 0 Å². The topological polar surface area (TPSA) is 3.24 Å². The van der Waals surface area contributed by atoms with Gasteiger partial charge in [0.25, 0.3) is 0 Å². The van der Waals surface area contributed by atoms with E-state index in [0.717, 1.165) is 6.54 Å². The van der Waals surface area contributed by atoms with E-state index in [0.29, 0.717) is 0 Å². The van der Waals surface area contributed by atoms with Crippen molar-refractivity contribution >= 4 is 22.9 Å². The van der Waals surface area contributed by atoms with Crippen LogP contribution in [0.3, 0.4) is 0 Å². The van der Waals surface area contributed by atoms with Gasteiger partial charge in [0.1, 0.15) is 0 Å². The molecular formula is C9H10IN. The summed E-state index contributed by atoms with van der Waals surface area (Å²) in [4.78, 5) is 0. The maximum absolute atomic E-state index is 2.36. The molecule has 0 unspecified atom stereocenters. The van der Waals surface area contributed by atoms with E-state index in [4.69, 9.17) is 0 Å². The highest BCUT2D eigenvalue weighted by Gasteiger charge is 2.13. The van der Waals surface area contributed by atoms with E-state index in [1.807, 2.05) is 0 Å². The van der Waals surface area contributed by atoms with Crippen LogP contribution in [0.4, 0.5) is 0 Å². The van der Waals surface area contributed by atoms with Gasteiger partial charge in [0.15, 0.2) is 0 Å². The monoisotopic (exact) mass is 259 g/mol. The first-order valence-electron chi connectivity index (χ1n) is 3.87. The molecule has 11 heavy (non-hydrogen) atoms. The Kier molecular flexibility index (Phi) is 2.02. The third-order valence-electron chi connectivity index (χ3n) is 2.03. The van der Waals surface area contributed by atoms with Crippen LogP contribution in [0.1, 0.15) is 12.8 Å². The number of hydrogen-bond acceptors (Lipinski definition) is 1. The summed E-state index contributed by atoms with van der Waals surface area (Å²) < 4.78 is 2.27. The Morgan fingerprint density at radius 3 is 3.00 bits per heavy atom. The lowest BCUT2D eigenvalue weighted by Gasteiger charge is -2.24. The Morgan fingerprint density at radius 2 is 2.18 bits per heavy atom. The minimum absolute atomic E-state index is 1.05. The van der Waals surface area contributed by atoms with Crippen molar-refractivity contribution in [3.63, 3.8) is 0 Å². The fraction of sp³-hybridized carbons (Fsp3) is 0.333. The van der Waals surface area contributed by atoms with Gasteiger partial charge >= 0.3 is 0 Å². The van der Waals surface area contributed by atoms with Crippen LogP contribution >= 0.6 is 22.9 Å². The van der Waals surface area contributed by atoms with Gasteiger partial charge in [-0.1, -0.05) is 18.2 Å². The number of nitrogens with zero attached hydrogens (tertiary/aromatic N) is 1. The molecule has 0 aromatic rings. The molecule has 1 nitrogen and oxygen atoms in total. The molecule has 0 radical (unpaired) electrons. The summed E-state index contributed by atoms with van der Waals surface area (Å²) in [7, 11) is 0. The molecule has 0 aromatic heterocycles. The van der Waals surface area contributed by atoms with Crippen LogP contribution in [0.2, 0.25) is 0 Å². The number of allylic oxidation sites excluding steroid dienone is 4. The molecule has 1 heterocycles. The molecule has 0 amide bonds. The highest BCUT2D eigenvalue weighted by molar-refractivity contribution is 14.1. The second-order valence-electron chi connectivity index (χ2n) is 2.80. The van der Waals surface area contributed by atoms with E-state index in [1.165, 1.54) is 24.1 Å². The first-order chi connectivity index (χ1) is 5.38. The third kappa shape index (κ3) is 1.36. The zero-order valence-electron chi connectivity index (χ0n) is 6.26. The first-order valence-corrected chi connectivity index (χ1v) is 4.84. The third-order valence-corrected chi connectivity index (χ3v) is 2.94. The van der Waals surface area contributed by atoms with Gasteiger partial charge in [-0.05, 0) is 24.5 Å². The molecule has 1 aliphatic carbocycles. The molecule has 2 rings (SSSR count). The summed E-state index contributed by atoms with van der Waals surface area (Å²) >= 11 is 2.36. The Labute approximate surface area is 81.0 Å². The summed E-state index contributed by atoms with van der Waals surface area (Å²) in [5, 5.41) is 0. The van der Waals surface area contributed by atoms with Crippen molar-refractivity contribution in [3.05, 3.63) is 35.6 Å². The molecular weight excluding hydrogens is 249 g/mol. The van der Waals surface area contributed by atoms with Crippen LogP contribution in [-0.4, -0.2) is 9.66 Å². The fourth-order valence-electron chi connectivity index (χ4n) is 1.46. The molecule has 1 aliphatic heterocycles. The largest absolute Gasteiger partial charge is 0.311 e. The fourth-order valence-corrected chi connectivity index (χ4v) is 2.16. The molecule has 0 fully saturated rings. The molecule has 58 valence electrons. The molecule has 0 atom stereocenters. The van der Waals surface area contributed by atoms with Crippen molar-refractivity contribution in [2.75, 3.05) is 6.54 Å². The Bertz CT molecular complexity index is 250. The number of hydrogen-bond donors (Lipinski definition) is 0. The molecule has 0 saturated heterocycles. The zero-order chi connectivity index (χ0) is 7.68. The van der Waals surface area contributed by atoms with E-state index >= 15 is 0 Å². The van der Waals surface area contributed by atoms with Crippen molar-refractivity contribution in [1.29, 1.82) is 0 Å². The molecule has 2 aliphatic rings. The van der Waals surface area contributed by atoms with E-state index in [9.17, 15) is 0 Å². The average Bonchev–Trinajstić information content (AvgIpc) is 2.06. The minimum atomic E-state index is 1.05. The maximum atomic E-state index is 2.36. The van der Waals surface area contributed by atoms with Gasteiger partial charge in [-0.3, -0.25) is 0 Å². The van der Waals surface area contributed by atoms with Crippen molar-refractivity contribution in [2.45, 2.75) is 12.8 Å². The maximum Gasteiger partial charge on any atom is 0.0594 e. The average molecular weight is 259 g/mol. The van der Waals surface area contributed by atoms with Gasteiger partial charge in [-0.2, -0.15) is 0 Å². The molecule has 0 bridgehead atoms. The van der Waals surface area contributed by atoms with Gasteiger partial charge < -0.3 is 3.11 Å². The lowest BCUT2D eigenvalue weighted by atomic mass is 10.00. The summed E-state index contributed by atoms with van der Waals surface area (Å²) in [5.41, 5.74) is 2.90. The van der Waals surface area contributed by atoms with Crippen molar-refractivity contribution in [3.8, 4) is 0 Å².